The average Bonchev–Trinajstić information content (AvgIpc) is 3.04. The summed E-state index contributed by atoms with van der Waals surface area (Å²) >= 11 is 0. The Bertz CT molecular complexity index is 692. The molecule has 4 saturated carbocycles. The molecule has 0 unspecified atom stereocenters. The van der Waals surface area contributed by atoms with E-state index >= 15 is 0 Å². The lowest BCUT2D eigenvalue weighted by Gasteiger charge is -2.66. The molecule has 31 heavy (non-hydrogen) atoms. The highest BCUT2D eigenvalue weighted by atomic mass is 16.9. The van der Waals surface area contributed by atoms with Gasteiger partial charge in [-0.25, -0.2) is 4.79 Å². The minimum absolute atomic E-state index is 0.0182. The second-order valence-corrected chi connectivity index (χ2v) is 13.1. The third-order valence-corrected chi connectivity index (χ3v) is 11.5. The van der Waals surface area contributed by atoms with Crippen LogP contribution < -0.4 is 0 Å². The lowest BCUT2D eigenvalue weighted by atomic mass is 9.43. The van der Waals surface area contributed by atoms with Crippen LogP contribution in [0.1, 0.15) is 112 Å². The summed E-state index contributed by atoms with van der Waals surface area (Å²) in [4.78, 5) is 11.8. The maximum absolute atomic E-state index is 11.8. The van der Waals surface area contributed by atoms with Crippen LogP contribution in [0.25, 0.3) is 0 Å². The van der Waals surface area contributed by atoms with E-state index in [2.05, 4.69) is 34.6 Å². The monoisotopic (exact) mass is 430 g/mol. The van der Waals surface area contributed by atoms with E-state index in [0.29, 0.717) is 17.3 Å². The molecule has 176 valence electrons. The van der Waals surface area contributed by atoms with Crippen LogP contribution >= 0.6 is 0 Å². The van der Waals surface area contributed by atoms with Gasteiger partial charge >= 0.3 is 6.16 Å². The van der Waals surface area contributed by atoms with Crippen molar-refractivity contribution in [2.45, 2.75) is 117 Å². The molecule has 0 aromatic rings. The first kappa shape index (κ1) is 22.1. The summed E-state index contributed by atoms with van der Waals surface area (Å²) in [6.45, 7) is 12.4. The van der Waals surface area contributed by atoms with E-state index in [9.17, 15) is 4.79 Å². The lowest BCUT2D eigenvalue weighted by Crippen LogP contribution is -2.70. The van der Waals surface area contributed by atoms with Gasteiger partial charge in [0.2, 0.25) is 0 Å². The number of rotatable bonds is 5. The summed E-state index contributed by atoms with van der Waals surface area (Å²) in [5.74, 6) is 4.95. The Kier molecular flexibility index (Phi) is 5.45. The first-order valence-corrected chi connectivity index (χ1v) is 13.6. The Balaban J connectivity index is 1.35. The molecule has 8 atom stereocenters. The van der Waals surface area contributed by atoms with Gasteiger partial charge in [-0.3, -0.25) is 0 Å². The quantitative estimate of drug-likeness (QED) is 0.415. The Labute approximate surface area is 190 Å². The van der Waals surface area contributed by atoms with Crippen LogP contribution in [-0.4, -0.2) is 11.9 Å². The number of carbonyl (C=O) groups excluding carboxylic acids is 1. The standard InChI is InChI=1S/C28H46O3/c1-18(2)8-6-9-19(3)22-13-14-23-21-12-11-20-10-7-16-28(30-25(29)31-28)27(20,5)24(21)15-17-26(22,23)4/h18-24H,6-17H2,1-5H3/t19-,20+,21+,22-,23-,24-,26+,27-/m0/s1. The fourth-order valence-corrected chi connectivity index (χ4v) is 9.94. The lowest BCUT2D eigenvalue weighted by molar-refractivity contribution is -0.374. The van der Waals surface area contributed by atoms with Gasteiger partial charge < -0.3 is 9.47 Å². The molecule has 0 aromatic carbocycles. The Hall–Kier alpha value is -0.730. The minimum Gasteiger partial charge on any atom is -0.390 e. The molecule has 5 aliphatic rings. The Morgan fingerprint density at radius 1 is 0.903 bits per heavy atom. The zero-order valence-corrected chi connectivity index (χ0v) is 20.8. The molecule has 1 saturated heterocycles. The SMILES string of the molecule is CC(C)CCC[C@H](C)[C@@H]1CC[C@H]2[C@H]3CC[C@H]4CCCC5(OC(=O)O5)[C@]4(C)[C@H]3CC[C@@]21C. The van der Waals surface area contributed by atoms with Crippen molar-refractivity contribution in [1.82, 2.24) is 0 Å². The Morgan fingerprint density at radius 2 is 1.68 bits per heavy atom. The molecule has 1 heterocycles. The summed E-state index contributed by atoms with van der Waals surface area (Å²) in [6, 6.07) is 0. The van der Waals surface area contributed by atoms with Crippen molar-refractivity contribution < 1.29 is 14.3 Å². The maximum atomic E-state index is 11.8. The van der Waals surface area contributed by atoms with Crippen LogP contribution in [0.3, 0.4) is 0 Å². The smallest absolute Gasteiger partial charge is 0.390 e. The minimum atomic E-state index is -0.605. The highest BCUT2D eigenvalue weighted by molar-refractivity contribution is 5.66. The van der Waals surface area contributed by atoms with Gasteiger partial charge in [-0.2, -0.15) is 0 Å². The van der Waals surface area contributed by atoms with Crippen LogP contribution in [0.2, 0.25) is 0 Å². The van der Waals surface area contributed by atoms with E-state index in [4.69, 9.17) is 9.47 Å². The first-order valence-electron chi connectivity index (χ1n) is 13.6. The molecule has 0 aromatic heterocycles. The van der Waals surface area contributed by atoms with Crippen LogP contribution in [0, 0.1) is 52.3 Å². The summed E-state index contributed by atoms with van der Waals surface area (Å²) in [5.41, 5.74) is 0.533. The number of hydrogen-bond donors (Lipinski definition) is 0. The number of ether oxygens (including phenoxy) is 2. The molecule has 5 rings (SSSR count). The third-order valence-electron chi connectivity index (χ3n) is 11.5. The van der Waals surface area contributed by atoms with Gasteiger partial charge in [-0.15, -0.1) is 0 Å². The van der Waals surface area contributed by atoms with Gasteiger partial charge in [0.05, 0.1) is 5.41 Å². The van der Waals surface area contributed by atoms with Crippen LogP contribution in [0.4, 0.5) is 4.79 Å². The van der Waals surface area contributed by atoms with Gasteiger partial charge in [0.15, 0.2) is 0 Å². The van der Waals surface area contributed by atoms with Crippen LogP contribution in [0.5, 0.6) is 0 Å². The van der Waals surface area contributed by atoms with Crippen molar-refractivity contribution in [3.05, 3.63) is 0 Å². The van der Waals surface area contributed by atoms with E-state index in [-0.39, 0.29) is 5.41 Å². The van der Waals surface area contributed by atoms with Gasteiger partial charge in [-0.1, -0.05) is 53.9 Å². The fourth-order valence-electron chi connectivity index (χ4n) is 9.94. The molecule has 0 radical (unpaired) electrons. The highest BCUT2D eigenvalue weighted by Crippen LogP contribution is 2.71. The first-order chi connectivity index (χ1) is 14.7. The normalized spacial score (nSPS) is 46.4. The van der Waals surface area contributed by atoms with E-state index in [1.165, 1.54) is 64.2 Å². The summed E-state index contributed by atoms with van der Waals surface area (Å²) in [7, 11) is 0. The fraction of sp³-hybridized carbons (Fsp3) is 0.964. The van der Waals surface area contributed by atoms with E-state index in [1.807, 2.05) is 0 Å². The van der Waals surface area contributed by atoms with Crippen molar-refractivity contribution in [1.29, 1.82) is 0 Å². The van der Waals surface area contributed by atoms with Crippen LogP contribution in [-0.2, 0) is 9.47 Å². The predicted octanol–water partition coefficient (Wildman–Crippen LogP) is 7.97. The van der Waals surface area contributed by atoms with Crippen molar-refractivity contribution in [3.8, 4) is 0 Å². The van der Waals surface area contributed by atoms with Crippen molar-refractivity contribution in [3.63, 3.8) is 0 Å². The Morgan fingerprint density at radius 3 is 2.39 bits per heavy atom. The zero-order chi connectivity index (χ0) is 22.0. The molecule has 3 nitrogen and oxygen atoms in total. The number of hydrogen-bond acceptors (Lipinski definition) is 3. The molecule has 0 amide bonds. The topological polar surface area (TPSA) is 35.5 Å². The molecule has 0 N–H and O–H groups in total. The molecule has 1 spiro atoms. The summed E-state index contributed by atoms with van der Waals surface area (Å²) in [5, 5.41) is 0. The van der Waals surface area contributed by atoms with Crippen LogP contribution in [0.15, 0.2) is 0 Å². The molecule has 4 aliphatic carbocycles. The second-order valence-electron chi connectivity index (χ2n) is 13.1. The molecule has 0 bridgehead atoms. The van der Waals surface area contributed by atoms with Crippen molar-refractivity contribution >= 4 is 6.16 Å². The largest absolute Gasteiger partial charge is 0.514 e. The third kappa shape index (κ3) is 3.14. The zero-order valence-electron chi connectivity index (χ0n) is 20.8. The van der Waals surface area contributed by atoms with Gasteiger partial charge in [0.1, 0.15) is 0 Å². The number of carbonyl (C=O) groups is 1. The predicted molar refractivity (Wildman–Crippen MR) is 123 cm³/mol. The van der Waals surface area contributed by atoms with Gasteiger partial charge in [-0.05, 0) is 98.2 Å². The van der Waals surface area contributed by atoms with E-state index in [0.717, 1.165) is 42.4 Å². The summed E-state index contributed by atoms with van der Waals surface area (Å²) < 4.78 is 11.8. The number of fused-ring (bicyclic) bond motifs is 6. The van der Waals surface area contributed by atoms with E-state index < -0.39 is 11.9 Å². The maximum Gasteiger partial charge on any atom is 0.514 e. The van der Waals surface area contributed by atoms with Crippen molar-refractivity contribution in [2.24, 2.45) is 52.3 Å². The van der Waals surface area contributed by atoms with Gasteiger partial charge in [0, 0.05) is 6.42 Å². The van der Waals surface area contributed by atoms with E-state index in [1.54, 1.807) is 0 Å². The van der Waals surface area contributed by atoms with Crippen molar-refractivity contribution in [2.75, 3.05) is 0 Å². The molecule has 1 aliphatic heterocycles. The molecular weight excluding hydrogens is 384 g/mol. The van der Waals surface area contributed by atoms with Gasteiger partial charge in [0.25, 0.3) is 5.79 Å². The summed E-state index contributed by atoms with van der Waals surface area (Å²) in [6.07, 6.45) is 15.3. The molecule has 3 heteroatoms. The molecular formula is C28H46O3. The highest BCUT2D eigenvalue weighted by Gasteiger charge is 2.72. The molecule has 5 fully saturated rings. The second kappa shape index (κ2) is 7.66. The average molecular weight is 431 g/mol.